The number of aromatic nitrogens is 4. The Morgan fingerprint density at radius 2 is 1.02 bits per heavy atom. The Bertz CT molecular complexity index is 3470. The van der Waals surface area contributed by atoms with Crippen LogP contribution in [0.15, 0.2) is 186 Å². The summed E-state index contributed by atoms with van der Waals surface area (Å²) in [6.45, 7) is 4.61. The van der Waals surface area contributed by atoms with Crippen molar-refractivity contribution >= 4 is 43.7 Å². The fraction of sp³-hybridized carbons (Fsp3) is 0.0556. The molecule has 0 bridgehead atoms. The van der Waals surface area contributed by atoms with Crippen LogP contribution in [0.5, 0.6) is 0 Å². The van der Waals surface area contributed by atoms with E-state index in [1.165, 1.54) is 22.3 Å². The first-order chi connectivity index (χ1) is 29.0. The van der Waals surface area contributed by atoms with Gasteiger partial charge in [0.2, 0.25) is 0 Å². The van der Waals surface area contributed by atoms with Crippen LogP contribution in [0.2, 0.25) is 0 Å². The van der Waals surface area contributed by atoms with Gasteiger partial charge in [0.05, 0.1) is 22.1 Å². The first kappa shape index (κ1) is 33.5. The van der Waals surface area contributed by atoms with E-state index in [1.54, 1.807) is 0 Å². The number of nitrogens with zero attached hydrogens (tertiary/aromatic N) is 4. The molecule has 3 heterocycles. The third-order valence-electron chi connectivity index (χ3n) is 12.3. The molecule has 0 aliphatic heterocycles. The summed E-state index contributed by atoms with van der Waals surface area (Å²) in [7, 11) is 0. The molecule has 0 unspecified atom stereocenters. The largest absolute Gasteiger partial charge is 0.455 e. The van der Waals surface area contributed by atoms with E-state index in [4.69, 9.17) is 19.4 Å². The lowest BCUT2D eigenvalue weighted by Gasteiger charge is -2.21. The maximum absolute atomic E-state index is 6.97. The van der Waals surface area contributed by atoms with Crippen molar-refractivity contribution in [1.29, 1.82) is 0 Å². The average molecular weight is 757 g/mol. The zero-order valence-electron chi connectivity index (χ0n) is 32.5. The molecule has 0 N–H and O–H groups in total. The predicted octanol–water partition coefficient (Wildman–Crippen LogP) is 13.8. The summed E-state index contributed by atoms with van der Waals surface area (Å²) in [6, 6.07) is 64.0. The molecule has 1 aliphatic carbocycles. The van der Waals surface area contributed by atoms with Crippen LogP contribution in [0.25, 0.3) is 106 Å². The molecule has 11 aromatic rings. The van der Waals surface area contributed by atoms with Gasteiger partial charge in [-0.25, -0.2) is 15.0 Å². The van der Waals surface area contributed by atoms with E-state index in [-0.39, 0.29) is 5.41 Å². The molecule has 0 spiro atoms. The first-order valence-corrected chi connectivity index (χ1v) is 20.1. The first-order valence-electron chi connectivity index (χ1n) is 20.1. The number of furan rings is 1. The van der Waals surface area contributed by atoms with Gasteiger partial charge in [-0.15, -0.1) is 0 Å². The normalized spacial score (nSPS) is 13.1. The molecule has 5 heteroatoms. The fourth-order valence-corrected chi connectivity index (χ4v) is 9.46. The van der Waals surface area contributed by atoms with Gasteiger partial charge in [-0.05, 0) is 64.2 Å². The van der Waals surface area contributed by atoms with E-state index in [0.29, 0.717) is 17.5 Å². The molecule has 1 aliphatic rings. The van der Waals surface area contributed by atoms with Crippen molar-refractivity contribution in [2.24, 2.45) is 0 Å². The highest BCUT2D eigenvalue weighted by Crippen LogP contribution is 2.50. The van der Waals surface area contributed by atoms with Gasteiger partial charge in [0, 0.05) is 43.8 Å². The van der Waals surface area contributed by atoms with Crippen LogP contribution in [0, 0.1) is 0 Å². The van der Waals surface area contributed by atoms with E-state index < -0.39 is 0 Å². The number of para-hydroxylation sites is 3. The van der Waals surface area contributed by atoms with Crippen LogP contribution in [0.3, 0.4) is 0 Å². The highest BCUT2D eigenvalue weighted by molar-refractivity contribution is 6.24. The maximum atomic E-state index is 6.97. The number of rotatable bonds is 5. The highest BCUT2D eigenvalue weighted by Gasteiger charge is 2.35. The van der Waals surface area contributed by atoms with Crippen molar-refractivity contribution in [3.63, 3.8) is 0 Å². The summed E-state index contributed by atoms with van der Waals surface area (Å²) in [5, 5.41) is 4.39. The zero-order chi connectivity index (χ0) is 39.2. The van der Waals surface area contributed by atoms with Gasteiger partial charge in [-0.2, -0.15) is 0 Å². The summed E-state index contributed by atoms with van der Waals surface area (Å²) < 4.78 is 9.31. The Balaban J connectivity index is 1.08. The second-order valence-electron chi connectivity index (χ2n) is 16.0. The van der Waals surface area contributed by atoms with Gasteiger partial charge in [-0.1, -0.05) is 159 Å². The number of hydrogen-bond acceptors (Lipinski definition) is 4. The third-order valence-corrected chi connectivity index (χ3v) is 12.3. The van der Waals surface area contributed by atoms with Crippen molar-refractivity contribution in [3.05, 3.63) is 193 Å². The van der Waals surface area contributed by atoms with Crippen LogP contribution in [-0.2, 0) is 5.41 Å². The summed E-state index contributed by atoms with van der Waals surface area (Å²) >= 11 is 0. The Morgan fingerprint density at radius 3 is 1.85 bits per heavy atom. The molecule has 5 nitrogen and oxygen atoms in total. The van der Waals surface area contributed by atoms with Gasteiger partial charge in [0.15, 0.2) is 17.5 Å². The smallest absolute Gasteiger partial charge is 0.166 e. The van der Waals surface area contributed by atoms with Crippen LogP contribution in [-0.4, -0.2) is 19.5 Å². The molecule has 8 aromatic carbocycles. The molecule has 0 radical (unpaired) electrons. The molecular formula is C54H36N4O. The summed E-state index contributed by atoms with van der Waals surface area (Å²) in [4.78, 5) is 15.7. The quantitative estimate of drug-likeness (QED) is 0.175. The van der Waals surface area contributed by atoms with Gasteiger partial charge in [0.1, 0.15) is 11.2 Å². The lowest BCUT2D eigenvalue weighted by molar-refractivity contribution is 0.660. The third kappa shape index (κ3) is 5.01. The van der Waals surface area contributed by atoms with Crippen molar-refractivity contribution in [1.82, 2.24) is 19.5 Å². The molecule has 278 valence electrons. The fourth-order valence-electron chi connectivity index (χ4n) is 9.46. The summed E-state index contributed by atoms with van der Waals surface area (Å²) in [5.74, 6) is 1.87. The van der Waals surface area contributed by atoms with Gasteiger partial charge in [-0.3, -0.25) is 0 Å². The monoisotopic (exact) mass is 756 g/mol. The molecule has 12 rings (SSSR count). The van der Waals surface area contributed by atoms with E-state index in [1.807, 2.05) is 24.3 Å². The number of hydrogen-bond donors (Lipinski definition) is 0. The minimum absolute atomic E-state index is 0.155. The molecule has 3 aromatic heterocycles. The summed E-state index contributed by atoms with van der Waals surface area (Å²) in [5.41, 5.74) is 14.9. The second-order valence-corrected chi connectivity index (χ2v) is 16.0. The van der Waals surface area contributed by atoms with E-state index in [9.17, 15) is 0 Å². The van der Waals surface area contributed by atoms with E-state index >= 15 is 0 Å². The lowest BCUT2D eigenvalue weighted by atomic mass is 9.82. The van der Waals surface area contributed by atoms with Crippen LogP contribution >= 0.6 is 0 Å². The Labute approximate surface area is 340 Å². The van der Waals surface area contributed by atoms with Crippen LogP contribution in [0.4, 0.5) is 0 Å². The molecule has 0 atom stereocenters. The standard InChI is InChI=1S/C54H36N4O/c1-54(2)43-25-12-9-20-37(43)38-29-28-35(32-44(38)54)52-55-51(34-18-7-4-8-19-34)56-53(57-52)42-22-11-14-27-46(42)58-45-26-13-10-21-41(45)48-47(58)31-30-40-39-24-15-23-36(49(39)59-50(40)48)33-16-5-3-6-17-33/h3-32H,1-2H3. The van der Waals surface area contributed by atoms with Crippen molar-refractivity contribution in [2.45, 2.75) is 19.3 Å². The summed E-state index contributed by atoms with van der Waals surface area (Å²) in [6.07, 6.45) is 0. The Hall–Kier alpha value is -7.63. The SMILES string of the molecule is CC1(C)c2ccccc2-c2ccc(-c3nc(-c4ccccc4)nc(-c4ccccc4-n4c5ccccc5c5c6oc7c(-c8ccccc8)cccc7c6ccc54)n3)cc21. The van der Waals surface area contributed by atoms with Crippen molar-refractivity contribution < 1.29 is 4.42 Å². The highest BCUT2D eigenvalue weighted by atomic mass is 16.3. The topological polar surface area (TPSA) is 56.7 Å². The van der Waals surface area contributed by atoms with E-state index in [2.05, 4.69) is 176 Å². The van der Waals surface area contributed by atoms with Gasteiger partial charge < -0.3 is 8.98 Å². The van der Waals surface area contributed by atoms with Crippen LogP contribution in [0.1, 0.15) is 25.0 Å². The average Bonchev–Trinajstić information content (AvgIpc) is 3.92. The number of benzene rings is 8. The van der Waals surface area contributed by atoms with E-state index in [0.717, 1.165) is 77.2 Å². The molecular weight excluding hydrogens is 721 g/mol. The maximum Gasteiger partial charge on any atom is 0.166 e. The molecule has 0 fully saturated rings. The number of fused-ring (bicyclic) bond motifs is 10. The molecule has 0 saturated heterocycles. The Morgan fingerprint density at radius 1 is 0.407 bits per heavy atom. The molecule has 0 saturated carbocycles. The van der Waals surface area contributed by atoms with Crippen LogP contribution < -0.4 is 0 Å². The van der Waals surface area contributed by atoms with Crippen molar-refractivity contribution in [3.8, 4) is 62.1 Å². The zero-order valence-corrected chi connectivity index (χ0v) is 32.5. The Kier molecular flexibility index (Phi) is 7.20. The minimum atomic E-state index is -0.155. The van der Waals surface area contributed by atoms with Crippen molar-refractivity contribution in [2.75, 3.05) is 0 Å². The molecule has 59 heavy (non-hydrogen) atoms. The minimum Gasteiger partial charge on any atom is -0.455 e. The molecule has 0 amide bonds. The lowest BCUT2D eigenvalue weighted by Crippen LogP contribution is -2.15. The van der Waals surface area contributed by atoms with Gasteiger partial charge in [0.25, 0.3) is 0 Å². The van der Waals surface area contributed by atoms with Gasteiger partial charge >= 0.3 is 0 Å². The predicted molar refractivity (Wildman–Crippen MR) is 241 cm³/mol. The second kappa shape index (κ2) is 12.7.